The highest BCUT2D eigenvalue weighted by Crippen LogP contribution is 2.20. The summed E-state index contributed by atoms with van der Waals surface area (Å²) >= 11 is 0. The van der Waals surface area contributed by atoms with Gasteiger partial charge in [-0.2, -0.15) is 0 Å². The predicted molar refractivity (Wildman–Crippen MR) is 91.9 cm³/mol. The van der Waals surface area contributed by atoms with Crippen molar-refractivity contribution in [3.8, 4) is 11.1 Å². The second-order valence-corrected chi connectivity index (χ2v) is 5.53. The first-order valence-electron chi connectivity index (χ1n) is 7.75. The van der Waals surface area contributed by atoms with Crippen molar-refractivity contribution in [2.75, 3.05) is 6.54 Å². The maximum absolute atomic E-state index is 11.8. The fourth-order valence-corrected chi connectivity index (χ4v) is 2.39. The Labute approximate surface area is 136 Å². The van der Waals surface area contributed by atoms with Gasteiger partial charge in [-0.15, -0.1) is 0 Å². The highest BCUT2D eigenvalue weighted by molar-refractivity contribution is 5.86. The van der Waals surface area contributed by atoms with Gasteiger partial charge in [0.05, 0.1) is 0 Å². The van der Waals surface area contributed by atoms with Crippen molar-refractivity contribution in [3.63, 3.8) is 0 Å². The first-order chi connectivity index (χ1) is 11.1. The van der Waals surface area contributed by atoms with Crippen molar-refractivity contribution < 1.29 is 9.59 Å². The van der Waals surface area contributed by atoms with E-state index in [9.17, 15) is 9.59 Å². The van der Waals surface area contributed by atoms with Crippen LogP contribution in [0.4, 0.5) is 0 Å². The van der Waals surface area contributed by atoms with Gasteiger partial charge in [-0.25, -0.2) is 0 Å². The van der Waals surface area contributed by atoms with Crippen molar-refractivity contribution in [2.24, 2.45) is 0 Å². The summed E-state index contributed by atoms with van der Waals surface area (Å²) in [5.74, 6) is -0.373. The average Bonchev–Trinajstić information content (AvgIpc) is 2.55. The summed E-state index contributed by atoms with van der Waals surface area (Å²) in [6.45, 7) is 3.62. The molecule has 2 amide bonds. The van der Waals surface area contributed by atoms with E-state index in [-0.39, 0.29) is 11.8 Å². The zero-order valence-electron chi connectivity index (χ0n) is 13.5. The third kappa shape index (κ3) is 5.25. The van der Waals surface area contributed by atoms with Crippen LogP contribution >= 0.6 is 0 Å². The van der Waals surface area contributed by atoms with Crippen LogP contribution in [0.3, 0.4) is 0 Å². The summed E-state index contributed by atoms with van der Waals surface area (Å²) in [5.41, 5.74) is 3.51. The monoisotopic (exact) mass is 310 g/mol. The lowest BCUT2D eigenvalue weighted by molar-refractivity contribution is -0.127. The van der Waals surface area contributed by atoms with E-state index < -0.39 is 6.04 Å². The second-order valence-electron chi connectivity index (χ2n) is 5.53. The highest BCUT2D eigenvalue weighted by atomic mass is 16.2. The van der Waals surface area contributed by atoms with Gasteiger partial charge in [-0.1, -0.05) is 54.6 Å². The minimum Gasteiger partial charge on any atom is -0.354 e. The SMILES string of the molecule is CC(=O)N[C@@H](C)C(=O)NCCc1cccc(-c2ccccc2)c1. The molecule has 0 saturated carbocycles. The summed E-state index contributed by atoms with van der Waals surface area (Å²) in [7, 11) is 0. The highest BCUT2D eigenvalue weighted by Gasteiger charge is 2.12. The van der Waals surface area contributed by atoms with Crippen LogP contribution in [0.5, 0.6) is 0 Å². The molecule has 2 N–H and O–H groups in total. The quantitative estimate of drug-likeness (QED) is 0.861. The Morgan fingerprint density at radius 1 is 1.00 bits per heavy atom. The molecule has 1 atom stereocenters. The molecule has 2 aromatic carbocycles. The van der Waals surface area contributed by atoms with Crippen LogP contribution < -0.4 is 10.6 Å². The van der Waals surface area contributed by atoms with Gasteiger partial charge in [0.25, 0.3) is 0 Å². The Bertz CT molecular complexity index is 668. The Morgan fingerprint density at radius 3 is 2.39 bits per heavy atom. The summed E-state index contributed by atoms with van der Waals surface area (Å²) in [5, 5.41) is 5.41. The number of hydrogen-bond acceptors (Lipinski definition) is 2. The molecule has 0 bridgehead atoms. The Hall–Kier alpha value is -2.62. The lowest BCUT2D eigenvalue weighted by atomic mass is 10.0. The fraction of sp³-hybridized carbons (Fsp3) is 0.263. The molecule has 0 spiro atoms. The van der Waals surface area contributed by atoms with E-state index in [1.807, 2.05) is 24.3 Å². The van der Waals surface area contributed by atoms with E-state index in [1.54, 1.807) is 6.92 Å². The Balaban J connectivity index is 1.89. The predicted octanol–water partition coefficient (Wildman–Crippen LogP) is 2.54. The summed E-state index contributed by atoms with van der Waals surface area (Å²) in [4.78, 5) is 22.8. The molecular weight excluding hydrogens is 288 g/mol. The molecule has 0 aliphatic carbocycles. The topological polar surface area (TPSA) is 58.2 Å². The molecule has 2 aromatic rings. The van der Waals surface area contributed by atoms with E-state index in [0.717, 1.165) is 6.42 Å². The number of hydrogen-bond donors (Lipinski definition) is 2. The number of rotatable bonds is 6. The van der Waals surface area contributed by atoms with Crippen LogP contribution in [0.1, 0.15) is 19.4 Å². The molecule has 0 aliphatic heterocycles. The normalized spacial score (nSPS) is 11.6. The average molecular weight is 310 g/mol. The number of carbonyl (C=O) groups is 2. The number of nitrogens with one attached hydrogen (secondary N) is 2. The molecule has 0 saturated heterocycles. The van der Waals surface area contributed by atoms with Crippen LogP contribution in [-0.4, -0.2) is 24.4 Å². The van der Waals surface area contributed by atoms with Crippen LogP contribution in [-0.2, 0) is 16.0 Å². The van der Waals surface area contributed by atoms with Gasteiger partial charge in [0, 0.05) is 13.5 Å². The first kappa shape index (κ1) is 16.7. The summed E-state index contributed by atoms with van der Waals surface area (Å²) in [6.07, 6.45) is 0.749. The van der Waals surface area contributed by atoms with Crippen LogP contribution in [0.25, 0.3) is 11.1 Å². The second kappa shape index (κ2) is 8.13. The van der Waals surface area contributed by atoms with Gasteiger partial charge < -0.3 is 10.6 Å². The van der Waals surface area contributed by atoms with Crippen molar-refractivity contribution >= 4 is 11.8 Å². The minimum atomic E-state index is -0.511. The van der Waals surface area contributed by atoms with Gasteiger partial charge in [-0.3, -0.25) is 9.59 Å². The molecule has 0 heterocycles. The molecule has 23 heavy (non-hydrogen) atoms. The van der Waals surface area contributed by atoms with E-state index in [4.69, 9.17) is 0 Å². The lowest BCUT2D eigenvalue weighted by Gasteiger charge is -2.13. The molecule has 4 nitrogen and oxygen atoms in total. The zero-order chi connectivity index (χ0) is 16.7. The van der Waals surface area contributed by atoms with Gasteiger partial charge in [0.1, 0.15) is 6.04 Å². The number of amides is 2. The zero-order valence-corrected chi connectivity index (χ0v) is 13.5. The number of benzene rings is 2. The van der Waals surface area contributed by atoms with E-state index in [0.29, 0.717) is 6.54 Å². The summed E-state index contributed by atoms with van der Waals surface area (Å²) in [6, 6.07) is 18.0. The Morgan fingerprint density at radius 2 is 1.70 bits per heavy atom. The lowest BCUT2D eigenvalue weighted by Crippen LogP contribution is -2.44. The molecule has 0 unspecified atom stereocenters. The molecule has 0 aromatic heterocycles. The Kier molecular flexibility index (Phi) is 5.92. The van der Waals surface area contributed by atoms with Gasteiger partial charge >= 0.3 is 0 Å². The first-order valence-corrected chi connectivity index (χ1v) is 7.75. The van der Waals surface area contributed by atoms with E-state index in [2.05, 4.69) is 41.0 Å². The largest absolute Gasteiger partial charge is 0.354 e. The molecule has 0 fully saturated rings. The van der Waals surface area contributed by atoms with Crippen LogP contribution in [0, 0.1) is 0 Å². The maximum Gasteiger partial charge on any atom is 0.242 e. The molecule has 0 radical (unpaired) electrons. The molecule has 0 aliphatic rings. The third-order valence-corrected chi connectivity index (χ3v) is 3.56. The van der Waals surface area contributed by atoms with Gasteiger partial charge in [0.15, 0.2) is 0 Å². The van der Waals surface area contributed by atoms with Crippen molar-refractivity contribution in [3.05, 3.63) is 60.2 Å². The molecule has 4 heteroatoms. The van der Waals surface area contributed by atoms with E-state index in [1.165, 1.54) is 23.6 Å². The smallest absolute Gasteiger partial charge is 0.242 e. The maximum atomic E-state index is 11.8. The van der Waals surface area contributed by atoms with Gasteiger partial charge in [0.2, 0.25) is 11.8 Å². The van der Waals surface area contributed by atoms with Gasteiger partial charge in [-0.05, 0) is 30.0 Å². The molecular formula is C19H22N2O2. The minimum absolute atomic E-state index is 0.167. The van der Waals surface area contributed by atoms with E-state index >= 15 is 0 Å². The third-order valence-electron chi connectivity index (χ3n) is 3.56. The van der Waals surface area contributed by atoms with Crippen molar-refractivity contribution in [1.82, 2.24) is 10.6 Å². The van der Waals surface area contributed by atoms with Crippen LogP contribution in [0.2, 0.25) is 0 Å². The molecule has 2 rings (SSSR count). The fourth-order valence-electron chi connectivity index (χ4n) is 2.39. The number of carbonyl (C=O) groups excluding carboxylic acids is 2. The summed E-state index contributed by atoms with van der Waals surface area (Å²) < 4.78 is 0. The standard InChI is InChI=1S/C19H22N2O2/c1-14(21-15(2)22)19(23)20-12-11-16-7-6-10-18(13-16)17-8-4-3-5-9-17/h3-10,13-14H,11-12H2,1-2H3,(H,20,23)(H,21,22)/t14-/m0/s1. The molecule has 120 valence electrons. The van der Waals surface area contributed by atoms with Crippen molar-refractivity contribution in [1.29, 1.82) is 0 Å². The van der Waals surface area contributed by atoms with Crippen LogP contribution in [0.15, 0.2) is 54.6 Å². The van der Waals surface area contributed by atoms with Crippen molar-refractivity contribution in [2.45, 2.75) is 26.3 Å².